The van der Waals surface area contributed by atoms with Crippen LogP contribution < -0.4 is 5.32 Å². The van der Waals surface area contributed by atoms with Gasteiger partial charge in [-0.15, -0.1) is 0 Å². The van der Waals surface area contributed by atoms with Gasteiger partial charge in [0.15, 0.2) is 0 Å². The number of rotatable bonds is 3. The Labute approximate surface area is 82.3 Å². The Kier molecular flexibility index (Phi) is 2.18. The zero-order valence-electron chi connectivity index (χ0n) is 9.32. The van der Waals surface area contributed by atoms with E-state index in [4.69, 9.17) is 0 Å². The van der Waals surface area contributed by atoms with Crippen molar-refractivity contribution in [3.05, 3.63) is 0 Å². The van der Waals surface area contributed by atoms with Crippen molar-refractivity contribution < 1.29 is 0 Å². The van der Waals surface area contributed by atoms with Crippen LogP contribution in [0.3, 0.4) is 0 Å². The van der Waals surface area contributed by atoms with Gasteiger partial charge in [0, 0.05) is 12.1 Å². The lowest BCUT2D eigenvalue weighted by molar-refractivity contribution is 0.170. The average Bonchev–Trinajstić information content (AvgIpc) is 2.60. The molecule has 0 aromatic rings. The van der Waals surface area contributed by atoms with Gasteiger partial charge in [0.2, 0.25) is 0 Å². The molecule has 0 unspecified atom stereocenters. The Balaban J connectivity index is 1.80. The van der Waals surface area contributed by atoms with Crippen molar-refractivity contribution in [2.24, 2.45) is 11.3 Å². The van der Waals surface area contributed by atoms with Gasteiger partial charge in [0.1, 0.15) is 0 Å². The SMILES string of the molecule is CC(C)(C)NCC1(C2CCC2)CC1. The third-order valence-electron chi connectivity index (χ3n) is 3.83. The van der Waals surface area contributed by atoms with Crippen LogP contribution in [0.1, 0.15) is 52.9 Å². The fourth-order valence-corrected chi connectivity index (χ4v) is 2.35. The first-order valence-corrected chi connectivity index (χ1v) is 5.77. The Morgan fingerprint density at radius 2 is 1.85 bits per heavy atom. The molecular weight excluding hydrogens is 158 g/mol. The zero-order valence-corrected chi connectivity index (χ0v) is 9.32. The Morgan fingerprint density at radius 1 is 1.23 bits per heavy atom. The van der Waals surface area contributed by atoms with Gasteiger partial charge in [-0.05, 0) is 57.8 Å². The predicted octanol–water partition coefficient (Wildman–Crippen LogP) is 2.95. The lowest BCUT2D eigenvalue weighted by atomic mass is 9.73. The molecular formula is C12H23N. The van der Waals surface area contributed by atoms with Crippen LogP contribution in [0.4, 0.5) is 0 Å². The molecule has 2 aliphatic carbocycles. The molecule has 0 aromatic carbocycles. The van der Waals surface area contributed by atoms with Crippen molar-refractivity contribution in [1.82, 2.24) is 5.32 Å². The smallest absolute Gasteiger partial charge is 0.00967 e. The van der Waals surface area contributed by atoms with E-state index in [1.54, 1.807) is 0 Å². The van der Waals surface area contributed by atoms with E-state index in [1.807, 2.05) is 0 Å². The molecule has 1 nitrogen and oxygen atoms in total. The molecule has 2 fully saturated rings. The van der Waals surface area contributed by atoms with Crippen molar-refractivity contribution in [2.45, 2.75) is 58.4 Å². The van der Waals surface area contributed by atoms with Crippen molar-refractivity contribution in [3.63, 3.8) is 0 Å². The third-order valence-corrected chi connectivity index (χ3v) is 3.83. The zero-order chi connectivity index (χ0) is 9.53. The van der Waals surface area contributed by atoms with Gasteiger partial charge in [-0.2, -0.15) is 0 Å². The van der Waals surface area contributed by atoms with Crippen molar-refractivity contribution >= 4 is 0 Å². The second-order valence-electron chi connectivity index (χ2n) is 6.09. The standard InChI is InChI=1S/C12H23N/c1-11(2,3)13-9-12(7-8-12)10-5-4-6-10/h10,13H,4-9H2,1-3H3. The molecule has 0 atom stereocenters. The van der Waals surface area contributed by atoms with Gasteiger partial charge < -0.3 is 5.32 Å². The minimum atomic E-state index is 0.305. The van der Waals surface area contributed by atoms with Crippen LogP contribution in [0.25, 0.3) is 0 Å². The molecule has 0 bridgehead atoms. The molecule has 0 saturated heterocycles. The van der Waals surface area contributed by atoms with Crippen LogP contribution in [-0.4, -0.2) is 12.1 Å². The van der Waals surface area contributed by atoms with Crippen LogP contribution in [0, 0.1) is 11.3 Å². The van der Waals surface area contributed by atoms with E-state index in [0.29, 0.717) is 5.54 Å². The lowest BCUT2D eigenvalue weighted by Gasteiger charge is -2.36. The summed E-state index contributed by atoms with van der Waals surface area (Å²) in [6.45, 7) is 8.07. The van der Waals surface area contributed by atoms with Crippen molar-refractivity contribution in [2.75, 3.05) is 6.54 Å². The minimum Gasteiger partial charge on any atom is -0.312 e. The van der Waals surface area contributed by atoms with Crippen LogP contribution >= 0.6 is 0 Å². The molecule has 13 heavy (non-hydrogen) atoms. The largest absolute Gasteiger partial charge is 0.312 e. The fraction of sp³-hybridized carbons (Fsp3) is 1.00. The summed E-state index contributed by atoms with van der Waals surface area (Å²) in [7, 11) is 0. The molecule has 0 heterocycles. The highest BCUT2D eigenvalue weighted by Gasteiger charge is 2.50. The molecule has 1 N–H and O–H groups in total. The van der Waals surface area contributed by atoms with E-state index in [2.05, 4.69) is 26.1 Å². The first-order valence-electron chi connectivity index (χ1n) is 5.77. The van der Waals surface area contributed by atoms with E-state index < -0.39 is 0 Å². The Bertz CT molecular complexity index is 182. The summed E-state index contributed by atoms with van der Waals surface area (Å²) in [5, 5.41) is 3.67. The first-order chi connectivity index (χ1) is 6.02. The van der Waals surface area contributed by atoms with Gasteiger partial charge >= 0.3 is 0 Å². The van der Waals surface area contributed by atoms with E-state index >= 15 is 0 Å². The van der Waals surface area contributed by atoms with Gasteiger partial charge in [-0.25, -0.2) is 0 Å². The molecule has 0 radical (unpaired) electrons. The molecule has 1 heteroatoms. The van der Waals surface area contributed by atoms with E-state index in [9.17, 15) is 0 Å². The summed E-state index contributed by atoms with van der Waals surface area (Å²) in [5.41, 5.74) is 1.05. The first kappa shape index (κ1) is 9.51. The van der Waals surface area contributed by atoms with Gasteiger partial charge in [0.25, 0.3) is 0 Å². The van der Waals surface area contributed by atoms with Crippen LogP contribution in [0.2, 0.25) is 0 Å². The highest BCUT2D eigenvalue weighted by atomic mass is 15.0. The minimum absolute atomic E-state index is 0.305. The maximum absolute atomic E-state index is 3.67. The van der Waals surface area contributed by atoms with Crippen LogP contribution in [0.5, 0.6) is 0 Å². The maximum Gasteiger partial charge on any atom is 0.00967 e. The summed E-state index contributed by atoms with van der Waals surface area (Å²) < 4.78 is 0. The summed E-state index contributed by atoms with van der Waals surface area (Å²) in [5.74, 6) is 1.07. The molecule has 2 saturated carbocycles. The quantitative estimate of drug-likeness (QED) is 0.706. The molecule has 76 valence electrons. The molecule has 0 amide bonds. The van der Waals surface area contributed by atoms with Crippen LogP contribution in [0.15, 0.2) is 0 Å². The lowest BCUT2D eigenvalue weighted by Crippen LogP contribution is -2.42. The van der Waals surface area contributed by atoms with E-state index in [1.165, 1.54) is 38.6 Å². The van der Waals surface area contributed by atoms with Gasteiger partial charge in [0.05, 0.1) is 0 Å². The highest BCUT2D eigenvalue weighted by molar-refractivity contribution is 5.03. The normalized spacial score (nSPS) is 27.0. The maximum atomic E-state index is 3.67. The summed E-state index contributed by atoms with van der Waals surface area (Å²) in [4.78, 5) is 0. The topological polar surface area (TPSA) is 12.0 Å². The number of nitrogens with one attached hydrogen (secondary N) is 1. The Hall–Kier alpha value is -0.0400. The summed E-state index contributed by atoms with van der Waals surface area (Å²) >= 11 is 0. The molecule has 2 rings (SSSR count). The third kappa shape index (κ3) is 2.07. The molecule has 0 aromatic heterocycles. The second kappa shape index (κ2) is 2.98. The average molecular weight is 181 g/mol. The van der Waals surface area contributed by atoms with Crippen molar-refractivity contribution in [3.8, 4) is 0 Å². The summed E-state index contributed by atoms with van der Waals surface area (Å²) in [6, 6.07) is 0. The molecule has 0 aliphatic heterocycles. The van der Waals surface area contributed by atoms with Gasteiger partial charge in [-0.1, -0.05) is 6.42 Å². The van der Waals surface area contributed by atoms with Gasteiger partial charge in [-0.3, -0.25) is 0 Å². The molecule has 0 spiro atoms. The Morgan fingerprint density at radius 3 is 2.15 bits per heavy atom. The molecule has 2 aliphatic rings. The van der Waals surface area contributed by atoms with E-state index in [-0.39, 0.29) is 0 Å². The van der Waals surface area contributed by atoms with Crippen molar-refractivity contribution in [1.29, 1.82) is 0 Å². The van der Waals surface area contributed by atoms with E-state index in [0.717, 1.165) is 11.3 Å². The van der Waals surface area contributed by atoms with Crippen LogP contribution in [-0.2, 0) is 0 Å². The fourth-order valence-electron chi connectivity index (χ4n) is 2.35. The highest BCUT2D eigenvalue weighted by Crippen LogP contribution is 2.58. The number of hydrogen-bond donors (Lipinski definition) is 1. The summed E-state index contributed by atoms with van der Waals surface area (Å²) in [6.07, 6.45) is 7.47. The predicted molar refractivity (Wildman–Crippen MR) is 56.8 cm³/mol. The second-order valence-corrected chi connectivity index (χ2v) is 6.09. The number of hydrogen-bond acceptors (Lipinski definition) is 1. The monoisotopic (exact) mass is 181 g/mol.